The number of primary amides is 1. The van der Waals surface area contributed by atoms with Crippen LogP contribution < -0.4 is 5.73 Å². The number of nitrogens with one attached hydrogen (secondary N) is 1. The van der Waals surface area contributed by atoms with Crippen LogP contribution in [0.4, 0.5) is 0 Å². The quantitative estimate of drug-likeness (QED) is 0.692. The molecule has 5 nitrogen and oxygen atoms in total. The number of halogens is 1. The Hall–Kier alpha value is -2.63. The molecule has 0 aliphatic carbocycles. The highest BCUT2D eigenvalue weighted by Gasteiger charge is 2.41. The summed E-state index contributed by atoms with van der Waals surface area (Å²) in [5.41, 5.74) is 9.26. The van der Waals surface area contributed by atoms with Crippen LogP contribution in [0.3, 0.4) is 0 Å². The zero-order chi connectivity index (χ0) is 19.6. The van der Waals surface area contributed by atoms with Gasteiger partial charge in [-0.15, -0.1) is 0 Å². The number of aromatic amines is 1. The summed E-state index contributed by atoms with van der Waals surface area (Å²) in [6.07, 6.45) is 1.45. The van der Waals surface area contributed by atoms with E-state index < -0.39 is 5.41 Å². The van der Waals surface area contributed by atoms with Gasteiger partial charge in [0.2, 0.25) is 5.91 Å². The molecule has 0 atom stereocenters. The van der Waals surface area contributed by atoms with Crippen molar-refractivity contribution in [3.63, 3.8) is 0 Å². The topological polar surface area (TPSA) is 75.0 Å². The van der Waals surface area contributed by atoms with E-state index in [4.69, 9.17) is 17.3 Å². The Kier molecular flexibility index (Phi) is 5.20. The highest BCUT2D eigenvalue weighted by atomic mass is 35.5. The minimum absolute atomic E-state index is 0.232. The van der Waals surface area contributed by atoms with Gasteiger partial charge in [-0.3, -0.25) is 14.8 Å². The third-order valence-electron chi connectivity index (χ3n) is 5.67. The van der Waals surface area contributed by atoms with Gasteiger partial charge in [0.05, 0.1) is 11.1 Å². The Labute approximate surface area is 169 Å². The van der Waals surface area contributed by atoms with E-state index in [0.717, 1.165) is 55.0 Å². The van der Waals surface area contributed by atoms with Crippen LogP contribution in [0.1, 0.15) is 24.1 Å². The molecule has 0 radical (unpaired) electrons. The monoisotopic (exact) mass is 394 g/mol. The number of amides is 1. The average molecular weight is 395 g/mol. The Morgan fingerprint density at radius 1 is 1.11 bits per heavy atom. The molecule has 1 amide bonds. The first-order valence-corrected chi connectivity index (χ1v) is 9.83. The summed E-state index contributed by atoms with van der Waals surface area (Å²) in [6, 6.07) is 19.6. The van der Waals surface area contributed by atoms with Crippen molar-refractivity contribution in [3.05, 3.63) is 76.9 Å². The number of aromatic nitrogens is 2. The lowest BCUT2D eigenvalue weighted by molar-refractivity contribution is -0.125. The summed E-state index contributed by atoms with van der Waals surface area (Å²) in [4.78, 5) is 14.6. The number of hydrogen-bond acceptors (Lipinski definition) is 3. The molecule has 1 aliphatic rings. The molecule has 2 heterocycles. The van der Waals surface area contributed by atoms with E-state index in [1.165, 1.54) is 0 Å². The number of carbonyl (C=O) groups is 1. The second-order valence-corrected chi connectivity index (χ2v) is 7.81. The van der Waals surface area contributed by atoms with Crippen molar-refractivity contribution < 1.29 is 4.79 Å². The van der Waals surface area contributed by atoms with Crippen LogP contribution >= 0.6 is 11.6 Å². The molecule has 0 spiro atoms. The number of H-pyrrole nitrogens is 1. The molecule has 1 fully saturated rings. The number of hydrogen-bond donors (Lipinski definition) is 2. The number of nitrogens with zero attached hydrogens (tertiary/aromatic N) is 2. The molecular weight excluding hydrogens is 372 g/mol. The van der Waals surface area contributed by atoms with Crippen LogP contribution in [0, 0.1) is 0 Å². The predicted molar refractivity (Wildman–Crippen MR) is 111 cm³/mol. The zero-order valence-corrected chi connectivity index (χ0v) is 16.3. The van der Waals surface area contributed by atoms with Crippen molar-refractivity contribution >= 4 is 17.5 Å². The van der Waals surface area contributed by atoms with E-state index in [0.29, 0.717) is 5.02 Å². The molecule has 3 aromatic rings. The van der Waals surface area contributed by atoms with Gasteiger partial charge in [-0.1, -0.05) is 54.1 Å². The summed E-state index contributed by atoms with van der Waals surface area (Å²) in [7, 11) is 0. The van der Waals surface area contributed by atoms with E-state index in [2.05, 4.69) is 21.2 Å². The molecule has 3 N–H and O–H groups in total. The van der Waals surface area contributed by atoms with Crippen LogP contribution in [0.15, 0.2) is 60.7 Å². The van der Waals surface area contributed by atoms with Crippen molar-refractivity contribution in [1.82, 2.24) is 15.1 Å². The maximum Gasteiger partial charge on any atom is 0.228 e. The molecule has 1 saturated heterocycles. The molecule has 2 aromatic carbocycles. The SMILES string of the molecule is NC(=O)C1(c2ccccc2)CCN(Cc2cc(-c3ccc(Cl)cc3)n[nH]2)CC1. The van der Waals surface area contributed by atoms with Crippen LogP contribution in [0.5, 0.6) is 0 Å². The lowest BCUT2D eigenvalue weighted by atomic mass is 9.72. The fourth-order valence-electron chi connectivity index (χ4n) is 3.98. The number of benzene rings is 2. The second kappa shape index (κ2) is 7.78. The number of rotatable bonds is 5. The Bertz CT molecular complexity index is 944. The highest BCUT2D eigenvalue weighted by molar-refractivity contribution is 6.30. The summed E-state index contributed by atoms with van der Waals surface area (Å²) >= 11 is 5.95. The smallest absolute Gasteiger partial charge is 0.228 e. The van der Waals surface area contributed by atoms with E-state index in [1.807, 2.05) is 54.6 Å². The minimum atomic E-state index is -0.569. The third-order valence-corrected chi connectivity index (χ3v) is 5.92. The van der Waals surface area contributed by atoms with Gasteiger partial charge in [-0.2, -0.15) is 5.10 Å². The number of likely N-dealkylation sites (tertiary alicyclic amines) is 1. The summed E-state index contributed by atoms with van der Waals surface area (Å²) in [5.74, 6) is -0.232. The fraction of sp³-hybridized carbons (Fsp3) is 0.273. The van der Waals surface area contributed by atoms with Gasteiger partial charge in [-0.05, 0) is 49.7 Å². The molecule has 4 rings (SSSR count). The molecule has 6 heteroatoms. The van der Waals surface area contributed by atoms with Crippen LogP contribution in [0.2, 0.25) is 5.02 Å². The molecule has 0 unspecified atom stereocenters. The van der Waals surface area contributed by atoms with Crippen molar-refractivity contribution in [2.24, 2.45) is 5.73 Å². The van der Waals surface area contributed by atoms with Gasteiger partial charge in [-0.25, -0.2) is 0 Å². The lowest BCUT2D eigenvalue weighted by Crippen LogP contribution is -2.49. The maximum absolute atomic E-state index is 12.3. The summed E-state index contributed by atoms with van der Waals surface area (Å²) < 4.78 is 0. The predicted octanol–water partition coefficient (Wildman–Crippen LogP) is 3.75. The van der Waals surface area contributed by atoms with Gasteiger partial charge in [0.15, 0.2) is 0 Å². The van der Waals surface area contributed by atoms with Crippen molar-refractivity contribution in [1.29, 1.82) is 0 Å². The van der Waals surface area contributed by atoms with Crippen LogP contribution in [0.25, 0.3) is 11.3 Å². The molecule has 144 valence electrons. The third kappa shape index (κ3) is 3.68. The van der Waals surface area contributed by atoms with Gasteiger partial charge in [0.1, 0.15) is 0 Å². The molecule has 1 aliphatic heterocycles. The molecule has 0 bridgehead atoms. The largest absolute Gasteiger partial charge is 0.369 e. The Morgan fingerprint density at radius 3 is 2.43 bits per heavy atom. The fourth-order valence-corrected chi connectivity index (χ4v) is 4.11. The first kappa shape index (κ1) is 18.7. The standard InChI is InChI=1S/C22H23ClN4O/c23-18-8-6-16(7-9-18)20-14-19(25-26-20)15-27-12-10-22(11-13-27,21(24)28)17-4-2-1-3-5-17/h1-9,14H,10-13,15H2,(H2,24,28)(H,25,26). The van der Waals surface area contributed by atoms with Gasteiger partial charge < -0.3 is 5.73 Å². The van der Waals surface area contributed by atoms with E-state index >= 15 is 0 Å². The molecule has 28 heavy (non-hydrogen) atoms. The van der Waals surface area contributed by atoms with Crippen LogP contribution in [-0.2, 0) is 16.8 Å². The van der Waals surface area contributed by atoms with Gasteiger partial charge in [0.25, 0.3) is 0 Å². The Morgan fingerprint density at radius 2 is 1.79 bits per heavy atom. The van der Waals surface area contributed by atoms with Crippen molar-refractivity contribution in [2.75, 3.05) is 13.1 Å². The van der Waals surface area contributed by atoms with E-state index in [1.54, 1.807) is 0 Å². The minimum Gasteiger partial charge on any atom is -0.369 e. The van der Waals surface area contributed by atoms with E-state index in [9.17, 15) is 4.79 Å². The first-order chi connectivity index (χ1) is 13.6. The second-order valence-electron chi connectivity index (χ2n) is 7.37. The summed E-state index contributed by atoms with van der Waals surface area (Å²) in [5, 5.41) is 8.25. The van der Waals surface area contributed by atoms with Crippen molar-refractivity contribution in [3.8, 4) is 11.3 Å². The number of piperidine rings is 1. The maximum atomic E-state index is 12.3. The highest BCUT2D eigenvalue weighted by Crippen LogP contribution is 2.35. The summed E-state index contributed by atoms with van der Waals surface area (Å²) in [6.45, 7) is 2.39. The normalized spacial score (nSPS) is 16.8. The number of nitrogens with two attached hydrogens (primary N) is 1. The molecular formula is C22H23ClN4O. The first-order valence-electron chi connectivity index (χ1n) is 9.45. The molecule has 0 saturated carbocycles. The van der Waals surface area contributed by atoms with Gasteiger partial charge >= 0.3 is 0 Å². The zero-order valence-electron chi connectivity index (χ0n) is 15.6. The van der Waals surface area contributed by atoms with E-state index in [-0.39, 0.29) is 5.91 Å². The average Bonchev–Trinajstić information content (AvgIpc) is 3.18. The van der Waals surface area contributed by atoms with Gasteiger partial charge in [0, 0.05) is 22.8 Å². The molecule has 1 aromatic heterocycles. The number of carbonyl (C=O) groups excluding carboxylic acids is 1. The Balaban J connectivity index is 1.43. The van der Waals surface area contributed by atoms with Crippen LogP contribution in [-0.4, -0.2) is 34.1 Å². The lowest BCUT2D eigenvalue weighted by Gasteiger charge is -2.39. The van der Waals surface area contributed by atoms with Crippen molar-refractivity contribution in [2.45, 2.75) is 24.8 Å².